The molecule has 0 spiro atoms. The van der Waals surface area contributed by atoms with Gasteiger partial charge in [0.25, 0.3) is 11.5 Å². The quantitative estimate of drug-likeness (QED) is 0.108. The van der Waals surface area contributed by atoms with Crippen LogP contribution >= 0.6 is 0 Å². The van der Waals surface area contributed by atoms with Crippen molar-refractivity contribution in [2.45, 2.75) is 43.8 Å². The number of aromatic amines is 1. The van der Waals surface area contributed by atoms with Crippen LogP contribution in [0, 0.1) is 0 Å². The molecule has 2 unspecified atom stereocenters. The molecule has 19 heteroatoms. The number of aliphatic carboxylic acids is 4. The summed E-state index contributed by atoms with van der Waals surface area (Å²) in [5.41, 5.74) is 10.8. The van der Waals surface area contributed by atoms with Crippen LogP contribution in [0.5, 0.6) is 0 Å². The number of aromatic nitrogens is 2. The number of carboxylic acid groups (broad SMARTS) is 4. The smallest absolute Gasteiger partial charge is 0.326 e. The summed E-state index contributed by atoms with van der Waals surface area (Å²) in [6.45, 7) is 0.568. The van der Waals surface area contributed by atoms with Crippen molar-refractivity contribution in [3.05, 3.63) is 40.2 Å². The molecule has 1 aromatic heterocycles. The maximum Gasteiger partial charge on any atom is 0.326 e. The number of rotatable bonds is 14. The summed E-state index contributed by atoms with van der Waals surface area (Å²) in [6.07, 6.45) is -0.325. The van der Waals surface area contributed by atoms with E-state index in [1.165, 1.54) is 17.0 Å². The van der Waals surface area contributed by atoms with Crippen LogP contribution in [0.3, 0.4) is 0 Å². The Labute approximate surface area is 248 Å². The third-order valence-corrected chi connectivity index (χ3v) is 6.11. The van der Waals surface area contributed by atoms with Gasteiger partial charge in [-0.1, -0.05) is 0 Å². The van der Waals surface area contributed by atoms with E-state index in [1.807, 2.05) is 0 Å². The zero-order chi connectivity index (χ0) is 33.0. The highest BCUT2D eigenvalue weighted by Gasteiger charge is 2.30. The Morgan fingerprint density at radius 1 is 1.02 bits per heavy atom. The molecular weight excluding hydrogens is 588 g/mol. The third kappa shape index (κ3) is 10.3. The lowest BCUT2D eigenvalue weighted by molar-refractivity contribution is -0.142. The predicted octanol–water partition coefficient (Wildman–Crippen LogP) is -1.47. The Hall–Kier alpha value is -5.72. The molecule has 2 amide bonds. The predicted molar refractivity (Wildman–Crippen MR) is 153 cm³/mol. The maximum absolute atomic E-state index is 12.3. The lowest BCUT2D eigenvalue weighted by Gasteiger charge is -2.34. The van der Waals surface area contributed by atoms with E-state index in [0.717, 1.165) is 0 Å². The van der Waals surface area contributed by atoms with E-state index in [9.17, 15) is 38.7 Å². The number of benzene rings is 1. The number of carboxylic acids is 4. The molecule has 19 nitrogen and oxygen atoms in total. The molecule has 0 aliphatic carbocycles. The number of amides is 2. The van der Waals surface area contributed by atoms with Gasteiger partial charge in [-0.3, -0.25) is 33.8 Å². The first-order chi connectivity index (χ1) is 20.7. The Morgan fingerprint density at radius 2 is 1.64 bits per heavy atom. The molecule has 3 rings (SSSR count). The Morgan fingerprint density at radius 3 is 2.18 bits per heavy atom. The largest absolute Gasteiger partial charge is 0.481 e. The third-order valence-electron chi connectivity index (χ3n) is 6.11. The van der Waals surface area contributed by atoms with Gasteiger partial charge in [0.05, 0.1) is 6.04 Å². The SMILES string of the molecule is N[C@@H](CCC(=O)O)C(=O)O.Nc1nc2c(c(=O)[nH]1)N(C=O)C(CNc1ccc(C(=O)NC(CCC(=O)O)C(=O)O)cc1)CN2. The minimum Gasteiger partial charge on any atom is -0.481 e. The fourth-order valence-corrected chi connectivity index (χ4v) is 3.80. The number of nitrogen functional groups attached to an aromatic ring is 1. The number of nitrogens with zero attached hydrogens (tertiary/aromatic N) is 2. The molecule has 12 N–H and O–H groups in total. The standard InChI is InChI=1S/C20H23N7O7.C5H9NO4/c21-20-25-16-15(18(32)26-20)27(9-28)12(8-23-16)7-22-11-3-1-10(2-4-11)17(31)24-13(19(33)34)5-6-14(29)30;6-3(5(9)10)1-2-4(7)8/h1-4,9,12-13,22H,5-8H2,(H,24,31)(H,29,30)(H,33,34)(H4,21,23,25,26,32);3H,1-2,6H2,(H,7,8)(H,9,10)/t;3-/m.0/s1. The van der Waals surface area contributed by atoms with Gasteiger partial charge in [-0.2, -0.15) is 4.98 Å². The van der Waals surface area contributed by atoms with Crippen molar-refractivity contribution < 1.29 is 49.2 Å². The average Bonchev–Trinajstić information content (AvgIpc) is 2.96. The van der Waals surface area contributed by atoms with Crippen molar-refractivity contribution in [3.8, 4) is 0 Å². The molecule has 0 fully saturated rings. The fraction of sp³-hybridized carbons (Fsp3) is 0.360. The molecule has 1 aromatic carbocycles. The number of carbonyl (C=O) groups excluding carboxylic acids is 2. The van der Waals surface area contributed by atoms with Gasteiger partial charge in [-0.25, -0.2) is 4.79 Å². The molecule has 2 heterocycles. The van der Waals surface area contributed by atoms with Crippen LogP contribution in [-0.2, 0) is 24.0 Å². The van der Waals surface area contributed by atoms with Crippen LogP contribution < -0.4 is 37.9 Å². The van der Waals surface area contributed by atoms with Crippen molar-refractivity contribution in [1.82, 2.24) is 15.3 Å². The number of anilines is 4. The van der Waals surface area contributed by atoms with Gasteiger partial charge >= 0.3 is 23.9 Å². The molecule has 1 aliphatic heterocycles. The van der Waals surface area contributed by atoms with Crippen molar-refractivity contribution in [2.24, 2.45) is 5.73 Å². The summed E-state index contributed by atoms with van der Waals surface area (Å²) < 4.78 is 0. The number of carbonyl (C=O) groups is 6. The van der Waals surface area contributed by atoms with E-state index in [-0.39, 0.29) is 48.8 Å². The molecule has 2 aromatic rings. The van der Waals surface area contributed by atoms with Gasteiger partial charge in [0.15, 0.2) is 11.5 Å². The van der Waals surface area contributed by atoms with Crippen LogP contribution in [0.25, 0.3) is 0 Å². The minimum absolute atomic E-state index is 0.0231. The van der Waals surface area contributed by atoms with E-state index < -0.39 is 59.9 Å². The maximum atomic E-state index is 12.3. The van der Waals surface area contributed by atoms with E-state index >= 15 is 0 Å². The van der Waals surface area contributed by atoms with Crippen LogP contribution in [-0.4, -0.2) is 97.8 Å². The van der Waals surface area contributed by atoms with E-state index in [2.05, 4.69) is 25.9 Å². The van der Waals surface area contributed by atoms with Crippen LogP contribution in [0.1, 0.15) is 36.0 Å². The highest BCUT2D eigenvalue weighted by atomic mass is 16.4. The molecule has 1 aliphatic rings. The highest BCUT2D eigenvalue weighted by molar-refractivity contribution is 5.97. The summed E-state index contributed by atoms with van der Waals surface area (Å²) in [5.74, 6) is -5.20. The molecule has 0 radical (unpaired) electrons. The van der Waals surface area contributed by atoms with Gasteiger partial charge in [0.1, 0.15) is 12.1 Å². The number of nitrogens with two attached hydrogens (primary N) is 2. The van der Waals surface area contributed by atoms with Crippen molar-refractivity contribution >= 4 is 59.3 Å². The Bertz CT molecular complexity index is 1430. The Kier molecular flexibility index (Phi) is 12.6. The molecular formula is C25H32N8O11. The first-order valence-electron chi connectivity index (χ1n) is 12.9. The first kappa shape index (κ1) is 34.5. The lowest BCUT2D eigenvalue weighted by atomic mass is 10.1. The van der Waals surface area contributed by atoms with E-state index in [0.29, 0.717) is 18.6 Å². The summed E-state index contributed by atoms with van der Waals surface area (Å²) in [4.78, 5) is 85.6. The van der Waals surface area contributed by atoms with Gasteiger partial charge < -0.3 is 52.7 Å². The second kappa shape index (κ2) is 16.1. The minimum atomic E-state index is -1.33. The summed E-state index contributed by atoms with van der Waals surface area (Å²) in [5, 5.41) is 42.5. The molecule has 3 atom stereocenters. The molecule has 0 saturated carbocycles. The highest BCUT2D eigenvalue weighted by Crippen LogP contribution is 2.25. The van der Waals surface area contributed by atoms with Gasteiger partial charge in [-0.15, -0.1) is 0 Å². The molecule has 0 saturated heterocycles. The van der Waals surface area contributed by atoms with Gasteiger partial charge in [-0.05, 0) is 37.1 Å². The van der Waals surface area contributed by atoms with Crippen molar-refractivity contribution in [3.63, 3.8) is 0 Å². The van der Waals surface area contributed by atoms with Crippen LogP contribution in [0.2, 0.25) is 0 Å². The number of hydrogen-bond donors (Lipinski definition) is 10. The second-order valence-corrected chi connectivity index (χ2v) is 9.33. The zero-order valence-electron chi connectivity index (χ0n) is 23.1. The zero-order valence-corrected chi connectivity index (χ0v) is 23.1. The summed E-state index contributed by atoms with van der Waals surface area (Å²) in [7, 11) is 0. The van der Waals surface area contributed by atoms with E-state index in [1.54, 1.807) is 12.1 Å². The van der Waals surface area contributed by atoms with E-state index in [4.69, 9.17) is 26.8 Å². The van der Waals surface area contributed by atoms with Crippen molar-refractivity contribution in [1.29, 1.82) is 0 Å². The topological polar surface area (TPSA) is 320 Å². The summed E-state index contributed by atoms with van der Waals surface area (Å²) in [6, 6.07) is 3.30. The molecule has 238 valence electrons. The molecule has 44 heavy (non-hydrogen) atoms. The fourth-order valence-electron chi connectivity index (χ4n) is 3.80. The summed E-state index contributed by atoms with van der Waals surface area (Å²) >= 11 is 0. The normalized spacial score (nSPS) is 14.8. The lowest BCUT2D eigenvalue weighted by Crippen LogP contribution is -2.50. The van der Waals surface area contributed by atoms with Crippen LogP contribution in [0.4, 0.5) is 23.1 Å². The van der Waals surface area contributed by atoms with Crippen LogP contribution in [0.15, 0.2) is 29.1 Å². The van der Waals surface area contributed by atoms with Gasteiger partial charge in [0.2, 0.25) is 12.4 Å². The first-order valence-corrected chi connectivity index (χ1v) is 12.9. The number of fused-ring (bicyclic) bond motifs is 1. The van der Waals surface area contributed by atoms with Gasteiger partial charge in [0, 0.05) is 37.2 Å². The number of H-pyrrole nitrogens is 1. The Balaban J connectivity index is 0.000000580. The average molecular weight is 621 g/mol. The van der Waals surface area contributed by atoms with Crippen molar-refractivity contribution in [2.75, 3.05) is 34.4 Å². The second-order valence-electron chi connectivity index (χ2n) is 9.33. The monoisotopic (exact) mass is 620 g/mol. The number of nitrogens with one attached hydrogen (secondary N) is 4. The molecule has 0 bridgehead atoms. The number of hydrogen-bond acceptors (Lipinski definition) is 12.